The first-order chi connectivity index (χ1) is 7.97. The lowest BCUT2D eigenvalue weighted by atomic mass is 10.1. The van der Waals surface area contributed by atoms with Gasteiger partial charge >= 0.3 is 6.18 Å². The standard InChI is InChI=1S/C12H11F4N/c13-10-7-8(12(14,15)16)5-6-11(10)17-9-3-1-2-4-9/h1-2,5-7,9,17H,3-4H2. The maximum atomic E-state index is 13.5. The number of nitrogens with one attached hydrogen (secondary N) is 1. The van der Waals surface area contributed by atoms with Gasteiger partial charge in [-0.15, -0.1) is 0 Å². The molecule has 1 aliphatic rings. The highest BCUT2D eigenvalue weighted by Gasteiger charge is 2.31. The highest BCUT2D eigenvalue weighted by molar-refractivity contribution is 5.48. The van der Waals surface area contributed by atoms with E-state index in [1.807, 2.05) is 12.2 Å². The first kappa shape index (κ1) is 12.0. The number of hydrogen-bond donors (Lipinski definition) is 1. The van der Waals surface area contributed by atoms with Crippen molar-refractivity contribution in [2.45, 2.75) is 25.1 Å². The van der Waals surface area contributed by atoms with Gasteiger partial charge in [0.1, 0.15) is 5.82 Å². The molecular weight excluding hydrogens is 234 g/mol. The van der Waals surface area contributed by atoms with Crippen LogP contribution >= 0.6 is 0 Å². The Morgan fingerprint density at radius 3 is 2.29 bits per heavy atom. The summed E-state index contributed by atoms with van der Waals surface area (Å²) in [5.74, 6) is -0.869. The topological polar surface area (TPSA) is 12.0 Å². The molecule has 17 heavy (non-hydrogen) atoms. The number of rotatable bonds is 2. The minimum absolute atomic E-state index is 0.0706. The van der Waals surface area contributed by atoms with E-state index >= 15 is 0 Å². The molecule has 0 atom stereocenters. The first-order valence-corrected chi connectivity index (χ1v) is 5.25. The summed E-state index contributed by atoms with van der Waals surface area (Å²) in [5.41, 5.74) is -0.850. The van der Waals surface area contributed by atoms with Crippen LogP contribution in [0.3, 0.4) is 0 Å². The van der Waals surface area contributed by atoms with Gasteiger partial charge in [-0.1, -0.05) is 12.2 Å². The summed E-state index contributed by atoms with van der Waals surface area (Å²) in [4.78, 5) is 0. The molecule has 0 amide bonds. The largest absolute Gasteiger partial charge is 0.416 e. The average molecular weight is 245 g/mol. The Balaban J connectivity index is 2.14. The van der Waals surface area contributed by atoms with Crippen molar-refractivity contribution in [3.05, 3.63) is 41.7 Å². The molecule has 92 valence electrons. The van der Waals surface area contributed by atoms with Crippen molar-refractivity contribution < 1.29 is 17.6 Å². The Bertz CT molecular complexity index is 429. The molecule has 0 spiro atoms. The summed E-state index contributed by atoms with van der Waals surface area (Å²) < 4.78 is 50.4. The maximum Gasteiger partial charge on any atom is 0.416 e. The lowest BCUT2D eigenvalue weighted by Crippen LogP contribution is -2.16. The zero-order valence-corrected chi connectivity index (χ0v) is 8.89. The molecule has 0 saturated heterocycles. The quantitative estimate of drug-likeness (QED) is 0.614. The van der Waals surface area contributed by atoms with Crippen LogP contribution < -0.4 is 5.32 Å². The molecule has 0 radical (unpaired) electrons. The SMILES string of the molecule is Fc1cc(C(F)(F)F)ccc1NC1CC=CC1. The van der Waals surface area contributed by atoms with Crippen molar-refractivity contribution in [1.29, 1.82) is 0 Å². The molecule has 0 bridgehead atoms. The fourth-order valence-electron chi connectivity index (χ4n) is 1.76. The fraction of sp³-hybridized carbons (Fsp3) is 0.333. The van der Waals surface area contributed by atoms with Crippen molar-refractivity contribution in [3.63, 3.8) is 0 Å². The maximum absolute atomic E-state index is 13.5. The van der Waals surface area contributed by atoms with E-state index in [4.69, 9.17) is 0 Å². The number of halogens is 4. The van der Waals surface area contributed by atoms with Crippen molar-refractivity contribution in [2.24, 2.45) is 0 Å². The molecule has 0 unspecified atom stereocenters. The highest BCUT2D eigenvalue weighted by atomic mass is 19.4. The number of anilines is 1. The third-order valence-corrected chi connectivity index (χ3v) is 2.66. The summed E-state index contributed by atoms with van der Waals surface area (Å²) in [5, 5.41) is 2.88. The number of benzene rings is 1. The van der Waals surface area contributed by atoms with Crippen LogP contribution in [-0.4, -0.2) is 6.04 Å². The lowest BCUT2D eigenvalue weighted by molar-refractivity contribution is -0.137. The van der Waals surface area contributed by atoms with Crippen LogP contribution in [0.1, 0.15) is 18.4 Å². The third kappa shape index (κ3) is 2.78. The number of hydrogen-bond acceptors (Lipinski definition) is 1. The van der Waals surface area contributed by atoms with E-state index in [0.29, 0.717) is 6.07 Å². The van der Waals surface area contributed by atoms with Gasteiger partial charge in [0.15, 0.2) is 0 Å². The molecule has 1 aliphatic carbocycles. The van der Waals surface area contributed by atoms with Gasteiger partial charge in [0, 0.05) is 6.04 Å². The zero-order chi connectivity index (χ0) is 12.5. The summed E-state index contributed by atoms with van der Waals surface area (Å²) in [6.45, 7) is 0. The molecule has 0 aliphatic heterocycles. The minimum Gasteiger partial charge on any atom is -0.379 e. The Morgan fingerprint density at radius 2 is 1.76 bits per heavy atom. The molecule has 0 fully saturated rings. The molecule has 1 nitrogen and oxygen atoms in total. The van der Waals surface area contributed by atoms with Gasteiger partial charge in [-0.2, -0.15) is 13.2 Å². The van der Waals surface area contributed by atoms with E-state index in [2.05, 4.69) is 5.32 Å². The van der Waals surface area contributed by atoms with Crippen LogP contribution in [0.5, 0.6) is 0 Å². The molecule has 0 aromatic heterocycles. The predicted octanol–water partition coefficient (Wildman–Crippen LogP) is 3.98. The van der Waals surface area contributed by atoms with Gasteiger partial charge in [-0.05, 0) is 31.0 Å². The van der Waals surface area contributed by atoms with Crippen molar-refractivity contribution in [1.82, 2.24) is 0 Å². The van der Waals surface area contributed by atoms with Crippen molar-refractivity contribution >= 4 is 5.69 Å². The summed E-state index contributed by atoms with van der Waals surface area (Å²) in [6.07, 6.45) is 0.939. The third-order valence-electron chi connectivity index (χ3n) is 2.66. The van der Waals surface area contributed by atoms with Gasteiger partial charge in [-0.25, -0.2) is 4.39 Å². The van der Waals surface area contributed by atoms with E-state index in [1.165, 1.54) is 0 Å². The zero-order valence-electron chi connectivity index (χ0n) is 8.89. The molecule has 1 aromatic rings. The second-order valence-electron chi connectivity index (χ2n) is 3.98. The van der Waals surface area contributed by atoms with Gasteiger partial charge in [0.05, 0.1) is 11.3 Å². The smallest absolute Gasteiger partial charge is 0.379 e. The molecule has 0 heterocycles. The van der Waals surface area contributed by atoms with E-state index in [1.54, 1.807) is 0 Å². The second kappa shape index (κ2) is 4.39. The second-order valence-corrected chi connectivity index (χ2v) is 3.98. The van der Waals surface area contributed by atoms with Crippen LogP contribution in [0.2, 0.25) is 0 Å². The summed E-state index contributed by atoms with van der Waals surface area (Å²) >= 11 is 0. The summed E-state index contributed by atoms with van der Waals surface area (Å²) in [6, 6.07) is 2.61. The van der Waals surface area contributed by atoms with Crippen LogP contribution in [0.25, 0.3) is 0 Å². The lowest BCUT2D eigenvalue weighted by Gasteiger charge is -2.15. The first-order valence-electron chi connectivity index (χ1n) is 5.25. The minimum atomic E-state index is -4.51. The van der Waals surface area contributed by atoms with E-state index in [-0.39, 0.29) is 11.7 Å². The highest BCUT2D eigenvalue weighted by Crippen LogP contribution is 2.31. The predicted molar refractivity (Wildman–Crippen MR) is 57.2 cm³/mol. The Kier molecular flexibility index (Phi) is 3.09. The van der Waals surface area contributed by atoms with Crippen LogP contribution in [0.15, 0.2) is 30.4 Å². The molecule has 0 saturated carbocycles. The van der Waals surface area contributed by atoms with Crippen LogP contribution in [0.4, 0.5) is 23.2 Å². The van der Waals surface area contributed by atoms with Crippen LogP contribution in [-0.2, 0) is 6.18 Å². The van der Waals surface area contributed by atoms with Crippen LogP contribution in [0, 0.1) is 5.82 Å². The molecule has 1 N–H and O–H groups in total. The van der Waals surface area contributed by atoms with Gasteiger partial charge < -0.3 is 5.32 Å². The van der Waals surface area contributed by atoms with E-state index in [0.717, 1.165) is 25.0 Å². The fourth-order valence-corrected chi connectivity index (χ4v) is 1.76. The number of alkyl halides is 3. The Hall–Kier alpha value is -1.52. The van der Waals surface area contributed by atoms with Gasteiger partial charge in [-0.3, -0.25) is 0 Å². The normalized spacial score (nSPS) is 16.5. The van der Waals surface area contributed by atoms with Crippen molar-refractivity contribution in [2.75, 3.05) is 5.32 Å². The van der Waals surface area contributed by atoms with Gasteiger partial charge in [0.25, 0.3) is 0 Å². The van der Waals surface area contributed by atoms with Crippen molar-refractivity contribution in [3.8, 4) is 0 Å². The van der Waals surface area contributed by atoms with E-state index < -0.39 is 17.6 Å². The molecule has 1 aromatic carbocycles. The molecule has 2 rings (SSSR count). The monoisotopic (exact) mass is 245 g/mol. The van der Waals surface area contributed by atoms with Gasteiger partial charge in [0.2, 0.25) is 0 Å². The van der Waals surface area contributed by atoms with E-state index in [9.17, 15) is 17.6 Å². The summed E-state index contributed by atoms with van der Waals surface area (Å²) in [7, 11) is 0. The molecule has 5 heteroatoms. The average Bonchev–Trinajstić information content (AvgIpc) is 2.72. The Labute approximate surface area is 96.1 Å². The molecular formula is C12H11F4N. The Morgan fingerprint density at radius 1 is 1.12 bits per heavy atom.